The van der Waals surface area contributed by atoms with Crippen molar-refractivity contribution >= 4 is 11.6 Å². The molecule has 1 N–H and O–H groups in total. The molecule has 0 bridgehead atoms. The molecule has 0 unspecified atom stereocenters. The highest BCUT2D eigenvalue weighted by Crippen LogP contribution is 2.20. The van der Waals surface area contributed by atoms with Crippen LogP contribution in [-0.4, -0.2) is 47.3 Å². The Morgan fingerprint density at radius 3 is 2.52 bits per heavy atom. The van der Waals surface area contributed by atoms with Crippen LogP contribution in [0.15, 0.2) is 35.6 Å². The monoisotopic (exact) mass is 374 g/mol. The summed E-state index contributed by atoms with van der Waals surface area (Å²) in [6.45, 7) is 9.56. The lowest BCUT2D eigenvalue weighted by Crippen LogP contribution is -2.38. The third-order valence-electron chi connectivity index (χ3n) is 4.40. The van der Waals surface area contributed by atoms with Crippen LogP contribution in [0.4, 0.5) is 10.1 Å². The lowest BCUT2D eigenvalue weighted by molar-refractivity contribution is 0.476. The van der Waals surface area contributed by atoms with Crippen LogP contribution in [0, 0.1) is 5.82 Å². The van der Waals surface area contributed by atoms with E-state index in [-0.39, 0.29) is 5.82 Å². The van der Waals surface area contributed by atoms with Crippen LogP contribution in [-0.2, 0) is 20.1 Å². The minimum absolute atomic E-state index is 0.194. The molecule has 2 rings (SSSR count). The van der Waals surface area contributed by atoms with E-state index in [1.165, 1.54) is 0 Å². The van der Waals surface area contributed by atoms with E-state index in [9.17, 15) is 4.39 Å². The Bertz CT molecular complexity index is 751. The van der Waals surface area contributed by atoms with Crippen molar-refractivity contribution in [2.45, 2.75) is 33.9 Å². The van der Waals surface area contributed by atoms with Gasteiger partial charge in [-0.05, 0) is 38.5 Å². The van der Waals surface area contributed by atoms with E-state index in [0.29, 0.717) is 18.8 Å². The Kier molecular flexibility index (Phi) is 7.64. The molecule has 0 radical (unpaired) electrons. The molecule has 0 saturated heterocycles. The summed E-state index contributed by atoms with van der Waals surface area (Å²) < 4.78 is 16.3. The molecule has 0 aliphatic rings. The van der Waals surface area contributed by atoms with E-state index in [1.807, 2.05) is 69.2 Å². The van der Waals surface area contributed by atoms with Crippen molar-refractivity contribution in [2.24, 2.45) is 12.0 Å². The lowest BCUT2D eigenvalue weighted by Gasteiger charge is -2.22. The van der Waals surface area contributed by atoms with Gasteiger partial charge in [-0.15, -0.1) is 0 Å². The number of hydrogen-bond acceptors (Lipinski definition) is 3. The minimum Gasteiger partial charge on any atom is -0.370 e. The van der Waals surface area contributed by atoms with E-state index in [2.05, 4.69) is 15.4 Å². The number of aliphatic imine (C=N–C) groups is 1. The van der Waals surface area contributed by atoms with Gasteiger partial charge < -0.3 is 15.1 Å². The summed E-state index contributed by atoms with van der Waals surface area (Å²) >= 11 is 0. The second-order valence-corrected chi connectivity index (χ2v) is 6.51. The van der Waals surface area contributed by atoms with Crippen molar-refractivity contribution in [1.82, 2.24) is 20.0 Å². The molecule has 0 saturated carbocycles. The van der Waals surface area contributed by atoms with Gasteiger partial charge in [-0.1, -0.05) is 6.07 Å². The summed E-state index contributed by atoms with van der Waals surface area (Å²) in [5.74, 6) is 0.592. The molecule has 1 heterocycles. The fourth-order valence-electron chi connectivity index (χ4n) is 3.01. The van der Waals surface area contributed by atoms with Crippen LogP contribution in [0.1, 0.15) is 31.9 Å². The zero-order chi connectivity index (χ0) is 19.8. The smallest absolute Gasteiger partial charge is 0.194 e. The molecule has 27 heavy (non-hydrogen) atoms. The van der Waals surface area contributed by atoms with E-state index in [1.54, 1.807) is 10.7 Å². The number of nitrogens with zero attached hydrogens (tertiary/aromatic N) is 5. The molecule has 0 amide bonds. The second-order valence-electron chi connectivity index (χ2n) is 6.51. The van der Waals surface area contributed by atoms with Crippen molar-refractivity contribution in [2.75, 3.05) is 31.6 Å². The van der Waals surface area contributed by atoms with Gasteiger partial charge in [0.15, 0.2) is 5.96 Å². The summed E-state index contributed by atoms with van der Waals surface area (Å²) in [5, 5.41) is 7.49. The van der Waals surface area contributed by atoms with E-state index in [4.69, 9.17) is 0 Å². The van der Waals surface area contributed by atoms with E-state index >= 15 is 0 Å². The highest BCUT2D eigenvalue weighted by molar-refractivity contribution is 5.79. The number of halogens is 1. The van der Waals surface area contributed by atoms with Crippen molar-refractivity contribution in [3.05, 3.63) is 47.5 Å². The molecule has 7 heteroatoms. The van der Waals surface area contributed by atoms with Crippen molar-refractivity contribution in [3.63, 3.8) is 0 Å². The number of nitrogens with one attached hydrogen (secondary N) is 1. The summed E-state index contributed by atoms with van der Waals surface area (Å²) in [5.41, 5.74) is 2.61. The number of aryl methyl sites for hydroxylation is 1. The predicted octanol–water partition coefficient (Wildman–Crippen LogP) is 3.00. The number of guanidine groups is 1. The highest BCUT2D eigenvalue weighted by atomic mass is 19.1. The molecule has 0 aliphatic carbocycles. The third-order valence-corrected chi connectivity index (χ3v) is 4.40. The SMILES string of the molecule is CCNC(=NCc1ccc(N(CC)CC)c(F)c1)N(C)Cc1cnn(C)c1. The number of hydrogen-bond donors (Lipinski definition) is 1. The molecular formula is C20H31FN6. The molecule has 0 aliphatic heterocycles. The van der Waals surface area contributed by atoms with Gasteiger partial charge in [-0.2, -0.15) is 5.10 Å². The first-order valence-electron chi connectivity index (χ1n) is 9.48. The maximum Gasteiger partial charge on any atom is 0.194 e. The number of benzene rings is 1. The van der Waals surface area contributed by atoms with Gasteiger partial charge in [0.05, 0.1) is 18.4 Å². The molecule has 1 aromatic heterocycles. The zero-order valence-corrected chi connectivity index (χ0v) is 17.0. The fourth-order valence-corrected chi connectivity index (χ4v) is 3.01. The molecular weight excluding hydrogens is 343 g/mol. The zero-order valence-electron chi connectivity index (χ0n) is 17.0. The largest absolute Gasteiger partial charge is 0.370 e. The quantitative estimate of drug-likeness (QED) is 0.570. The number of rotatable bonds is 8. The first kappa shape index (κ1) is 20.7. The van der Waals surface area contributed by atoms with Gasteiger partial charge in [0, 0.05) is 52.0 Å². The Morgan fingerprint density at radius 2 is 1.96 bits per heavy atom. The average molecular weight is 375 g/mol. The Hall–Kier alpha value is -2.57. The first-order chi connectivity index (χ1) is 13.0. The maximum atomic E-state index is 14.5. The maximum absolute atomic E-state index is 14.5. The topological polar surface area (TPSA) is 48.7 Å². The third kappa shape index (κ3) is 5.70. The van der Waals surface area contributed by atoms with Gasteiger partial charge in [0.25, 0.3) is 0 Å². The van der Waals surface area contributed by atoms with Crippen LogP contribution >= 0.6 is 0 Å². The first-order valence-corrected chi connectivity index (χ1v) is 9.48. The predicted molar refractivity (Wildman–Crippen MR) is 109 cm³/mol. The summed E-state index contributed by atoms with van der Waals surface area (Å²) in [7, 11) is 3.89. The minimum atomic E-state index is -0.194. The number of anilines is 1. The Labute approximate surface area is 161 Å². The van der Waals surface area contributed by atoms with Gasteiger partial charge in [0.1, 0.15) is 5.82 Å². The van der Waals surface area contributed by atoms with Crippen LogP contribution in [0.2, 0.25) is 0 Å². The molecule has 148 valence electrons. The molecule has 1 aromatic carbocycles. The van der Waals surface area contributed by atoms with Crippen LogP contribution in [0.3, 0.4) is 0 Å². The van der Waals surface area contributed by atoms with Crippen LogP contribution in [0.25, 0.3) is 0 Å². The molecule has 2 aromatic rings. The van der Waals surface area contributed by atoms with Crippen molar-refractivity contribution in [1.29, 1.82) is 0 Å². The lowest BCUT2D eigenvalue weighted by atomic mass is 10.2. The van der Waals surface area contributed by atoms with E-state index < -0.39 is 0 Å². The second kappa shape index (κ2) is 9.94. The van der Waals surface area contributed by atoms with Crippen molar-refractivity contribution < 1.29 is 4.39 Å². The Balaban J connectivity index is 2.10. The summed E-state index contributed by atoms with van der Waals surface area (Å²) in [6.07, 6.45) is 3.84. The van der Waals surface area contributed by atoms with Crippen LogP contribution in [0.5, 0.6) is 0 Å². The fraction of sp³-hybridized carbons (Fsp3) is 0.500. The number of aromatic nitrogens is 2. The van der Waals surface area contributed by atoms with Gasteiger partial charge >= 0.3 is 0 Å². The molecule has 0 spiro atoms. The average Bonchev–Trinajstić information content (AvgIpc) is 3.05. The normalized spacial score (nSPS) is 11.6. The Morgan fingerprint density at radius 1 is 1.22 bits per heavy atom. The standard InChI is InChI=1S/C20H31FN6/c1-6-22-20(25(4)14-17-13-24-26(5)15-17)23-12-16-9-10-19(18(21)11-16)27(7-2)8-3/h9-11,13,15H,6-8,12,14H2,1-5H3,(H,22,23). The van der Waals surface area contributed by atoms with Crippen LogP contribution < -0.4 is 10.2 Å². The van der Waals surface area contributed by atoms with Gasteiger partial charge in [0.2, 0.25) is 0 Å². The van der Waals surface area contributed by atoms with Gasteiger partial charge in [-0.25, -0.2) is 9.38 Å². The highest BCUT2D eigenvalue weighted by Gasteiger charge is 2.10. The summed E-state index contributed by atoms with van der Waals surface area (Å²) in [4.78, 5) is 8.72. The molecule has 6 nitrogen and oxygen atoms in total. The van der Waals surface area contributed by atoms with Crippen molar-refractivity contribution in [3.8, 4) is 0 Å². The van der Waals surface area contributed by atoms with E-state index in [0.717, 1.165) is 36.7 Å². The van der Waals surface area contributed by atoms with Gasteiger partial charge in [-0.3, -0.25) is 4.68 Å². The molecule has 0 atom stereocenters. The molecule has 0 fully saturated rings. The summed E-state index contributed by atoms with van der Waals surface area (Å²) in [6, 6.07) is 5.38.